The van der Waals surface area contributed by atoms with Crippen LogP contribution < -0.4 is 0 Å². The third-order valence-corrected chi connectivity index (χ3v) is 2.14. The molecule has 2 heterocycles. The van der Waals surface area contributed by atoms with Crippen LogP contribution in [0.25, 0.3) is 5.88 Å². The van der Waals surface area contributed by atoms with Crippen LogP contribution in [-0.2, 0) is 0 Å². The molecule has 0 radical (unpaired) electrons. The summed E-state index contributed by atoms with van der Waals surface area (Å²) in [7, 11) is 0. The third-order valence-electron chi connectivity index (χ3n) is 1.58. The highest BCUT2D eigenvalue weighted by molar-refractivity contribution is 14.1. The molecule has 0 saturated carbocycles. The topological polar surface area (TPSA) is 68.3 Å². The zero-order chi connectivity index (χ0) is 10.1. The molecule has 0 aliphatic carbocycles. The zero-order valence-electron chi connectivity index (χ0n) is 6.85. The highest BCUT2D eigenvalue weighted by Crippen LogP contribution is 2.13. The molecule has 0 saturated heterocycles. The second-order valence-corrected chi connectivity index (χ2v) is 3.79. The molecular formula is C8H5IN2O3. The maximum absolute atomic E-state index is 10.5. The molecule has 5 nitrogen and oxygen atoms in total. The second kappa shape index (κ2) is 3.45. The Hall–Kier alpha value is -1.31. The van der Waals surface area contributed by atoms with Gasteiger partial charge >= 0.3 is 5.97 Å². The first kappa shape index (κ1) is 9.25. The summed E-state index contributed by atoms with van der Waals surface area (Å²) in [4.78, 5) is 10.5. The lowest BCUT2D eigenvalue weighted by atomic mass is 10.5. The minimum absolute atomic E-state index is 0.0921. The fourth-order valence-electron chi connectivity index (χ4n) is 0.987. The van der Waals surface area contributed by atoms with Gasteiger partial charge in [0.1, 0.15) is 0 Å². The van der Waals surface area contributed by atoms with E-state index in [9.17, 15) is 4.79 Å². The largest absolute Gasteiger partial charge is 0.475 e. The molecular weight excluding hydrogens is 299 g/mol. The van der Waals surface area contributed by atoms with Gasteiger partial charge in [0.25, 0.3) is 0 Å². The van der Waals surface area contributed by atoms with Crippen molar-refractivity contribution in [3.8, 4) is 5.88 Å². The average Bonchev–Trinajstić information content (AvgIpc) is 2.70. The minimum atomic E-state index is -1.09. The van der Waals surface area contributed by atoms with Crippen molar-refractivity contribution in [2.75, 3.05) is 0 Å². The minimum Gasteiger partial charge on any atom is -0.475 e. The summed E-state index contributed by atoms with van der Waals surface area (Å²) in [6, 6.07) is 2.96. The number of carboxylic acid groups (broad SMARTS) is 1. The predicted molar refractivity (Wildman–Crippen MR) is 55.5 cm³/mol. The van der Waals surface area contributed by atoms with Crippen LogP contribution in [0.15, 0.2) is 28.9 Å². The zero-order valence-corrected chi connectivity index (χ0v) is 9.00. The van der Waals surface area contributed by atoms with Gasteiger partial charge in [-0.1, -0.05) is 0 Å². The van der Waals surface area contributed by atoms with Gasteiger partial charge in [-0.05, 0) is 28.7 Å². The summed E-state index contributed by atoms with van der Waals surface area (Å²) in [5, 5.41) is 12.6. The van der Waals surface area contributed by atoms with Crippen molar-refractivity contribution >= 4 is 28.6 Å². The standard InChI is InChI=1S/C8H5IN2O3/c9-5-3-10-11(4-5)7-2-1-6(14-7)8(12)13/h1-4H,(H,12,13). The number of aromatic carboxylic acids is 1. The first-order chi connectivity index (χ1) is 6.66. The Morgan fingerprint density at radius 1 is 1.57 bits per heavy atom. The quantitative estimate of drug-likeness (QED) is 0.859. The molecule has 0 amide bonds. The molecule has 0 spiro atoms. The van der Waals surface area contributed by atoms with Crippen LogP contribution in [0.1, 0.15) is 10.6 Å². The summed E-state index contributed by atoms with van der Waals surface area (Å²) in [5.74, 6) is -0.783. The Bertz CT molecular complexity index is 474. The number of carboxylic acids is 1. The van der Waals surface area contributed by atoms with Gasteiger partial charge in [-0.3, -0.25) is 0 Å². The number of carbonyl (C=O) groups is 1. The van der Waals surface area contributed by atoms with E-state index in [1.54, 1.807) is 18.5 Å². The van der Waals surface area contributed by atoms with Crippen LogP contribution in [0.3, 0.4) is 0 Å². The van der Waals surface area contributed by atoms with Crippen LogP contribution in [0.2, 0.25) is 0 Å². The highest BCUT2D eigenvalue weighted by Gasteiger charge is 2.10. The molecule has 14 heavy (non-hydrogen) atoms. The fraction of sp³-hybridized carbons (Fsp3) is 0. The molecule has 0 aliphatic heterocycles. The van der Waals surface area contributed by atoms with Gasteiger partial charge in [0, 0.05) is 12.3 Å². The average molecular weight is 304 g/mol. The number of hydrogen-bond donors (Lipinski definition) is 1. The summed E-state index contributed by atoms with van der Waals surface area (Å²) in [6.07, 6.45) is 3.40. The van der Waals surface area contributed by atoms with Gasteiger partial charge in [0.2, 0.25) is 11.6 Å². The number of hydrogen-bond acceptors (Lipinski definition) is 3. The van der Waals surface area contributed by atoms with E-state index in [2.05, 4.69) is 27.7 Å². The smallest absolute Gasteiger partial charge is 0.371 e. The van der Waals surface area contributed by atoms with E-state index < -0.39 is 5.97 Å². The first-order valence-electron chi connectivity index (χ1n) is 3.70. The second-order valence-electron chi connectivity index (χ2n) is 2.55. The Morgan fingerprint density at radius 2 is 2.36 bits per heavy atom. The number of nitrogens with zero attached hydrogens (tertiary/aromatic N) is 2. The van der Waals surface area contributed by atoms with Gasteiger partial charge in [-0.2, -0.15) is 5.10 Å². The lowest BCUT2D eigenvalue weighted by Crippen LogP contribution is -1.94. The van der Waals surface area contributed by atoms with Crippen molar-refractivity contribution in [2.24, 2.45) is 0 Å². The van der Waals surface area contributed by atoms with Gasteiger partial charge < -0.3 is 9.52 Å². The lowest BCUT2D eigenvalue weighted by Gasteiger charge is -1.92. The lowest BCUT2D eigenvalue weighted by molar-refractivity contribution is 0.0662. The molecule has 0 aliphatic rings. The Labute approximate surface area is 92.5 Å². The maximum atomic E-state index is 10.5. The van der Waals surface area contributed by atoms with Crippen molar-refractivity contribution in [3.05, 3.63) is 33.9 Å². The van der Waals surface area contributed by atoms with E-state index in [0.717, 1.165) is 3.57 Å². The molecule has 0 fully saturated rings. The molecule has 0 atom stereocenters. The molecule has 6 heteroatoms. The fourth-order valence-corrected chi connectivity index (χ4v) is 1.38. The van der Waals surface area contributed by atoms with Crippen molar-refractivity contribution in [1.82, 2.24) is 9.78 Å². The first-order valence-corrected chi connectivity index (χ1v) is 4.78. The van der Waals surface area contributed by atoms with E-state index in [0.29, 0.717) is 5.88 Å². The summed E-state index contributed by atoms with van der Waals surface area (Å²) < 4.78 is 7.48. The molecule has 2 rings (SSSR count). The van der Waals surface area contributed by atoms with Crippen LogP contribution in [0.4, 0.5) is 0 Å². The van der Waals surface area contributed by atoms with E-state index in [1.165, 1.54) is 10.7 Å². The molecule has 72 valence electrons. The van der Waals surface area contributed by atoms with Crippen molar-refractivity contribution < 1.29 is 14.3 Å². The van der Waals surface area contributed by atoms with E-state index >= 15 is 0 Å². The van der Waals surface area contributed by atoms with Crippen LogP contribution in [0, 0.1) is 3.57 Å². The number of rotatable bonds is 2. The van der Waals surface area contributed by atoms with E-state index in [4.69, 9.17) is 9.52 Å². The molecule has 0 unspecified atom stereocenters. The Morgan fingerprint density at radius 3 is 2.86 bits per heavy atom. The van der Waals surface area contributed by atoms with E-state index in [-0.39, 0.29) is 5.76 Å². The molecule has 0 bridgehead atoms. The summed E-state index contributed by atoms with van der Waals surface area (Å²) >= 11 is 2.11. The van der Waals surface area contributed by atoms with Crippen molar-refractivity contribution in [2.45, 2.75) is 0 Å². The van der Waals surface area contributed by atoms with Gasteiger partial charge in [0.05, 0.1) is 9.77 Å². The van der Waals surface area contributed by atoms with E-state index in [1.807, 2.05) is 0 Å². The SMILES string of the molecule is O=C(O)c1ccc(-n2cc(I)cn2)o1. The number of furan rings is 1. The van der Waals surface area contributed by atoms with Crippen molar-refractivity contribution in [3.63, 3.8) is 0 Å². The summed E-state index contributed by atoms with van der Waals surface area (Å²) in [5.41, 5.74) is 0. The van der Waals surface area contributed by atoms with Gasteiger partial charge in [-0.15, -0.1) is 0 Å². The van der Waals surface area contributed by atoms with Gasteiger partial charge in [0.15, 0.2) is 0 Å². The predicted octanol–water partition coefficient (Wildman–Crippen LogP) is 1.77. The van der Waals surface area contributed by atoms with Gasteiger partial charge in [-0.25, -0.2) is 9.48 Å². The number of halogens is 1. The normalized spacial score (nSPS) is 10.4. The highest BCUT2D eigenvalue weighted by atomic mass is 127. The monoisotopic (exact) mass is 304 g/mol. The molecule has 1 N–H and O–H groups in total. The Kier molecular flexibility index (Phi) is 2.28. The molecule has 0 aromatic carbocycles. The molecule has 2 aromatic heterocycles. The number of aromatic nitrogens is 2. The summed E-state index contributed by atoms with van der Waals surface area (Å²) in [6.45, 7) is 0. The van der Waals surface area contributed by atoms with Crippen LogP contribution in [0.5, 0.6) is 0 Å². The van der Waals surface area contributed by atoms with Crippen LogP contribution >= 0.6 is 22.6 Å². The maximum Gasteiger partial charge on any atom is 0.371 e. The van der Waals surface area contributed by atoms with Crippen molar-refractivity contribution in [1.29, 1.82) is 0 Å². The Balaban J connectivity index is 2.38. The molecule has 2 aromatic rings. The third kappa shape index (κ3) is 1.65. The van der Waals surface area contributed by atoms with Crippen LogP contribution in [-0.4, -0.2) is 20.9 Å².